The number of hydrogen-bond donors (Lipinski definition) is 2. The van der Waals surface area contributed by atoms with E-state index in [0.29, 0.717) is 0 Å². The van der Waals surface area contributed by atoms with E-state index in [1.54, 1.807) is 19.1 Å². The van der Waals surface area contributed by atoms with Crippen molar-refractivity contribution < 1.29 is 24.2 Å². The van der Waals surface area contributed by atoms with Crippen molar-refractivity contribution in [1.29, 1.82) is 0 Å². The van der Waals surface area contributed by atoms with Gasteiger partial charge in [-0.3, -0.25) is 4.79 Å². The van der Waals surface area contributed by atoms with Crippen LogP contribution >= 0.6 is 0 Å². The van der Waals surface area contributed by atoms with Crippen molar-refractivity contribution >= 4 is 12.1 Å². The topological polar surface area (TPSA) is 134 Å². The number of nitrogens with zero attached hydrogens (tertiary/aromatic N) is 3. The second-order valence-electron chi connectivity index (χ2n) is 5.59. The molecule has 1 aromatic rings. The minimum Gasteiger partial charge on any atom is -0.466 e. The first-order valence-electron chi connectivity index (χ1n) is 7.93. The Labute approximate surface area is 144 Å². The molecule has 4 atom stereocenters. The molecule has 1 aliphatic rings. The average Bonchev–Trinajstić information content (AvgIpc) is 2.91. The third kappa shape index (κ3) is 4.85. The molecule has 1 saturated carbocycles. The molecule has 0 spiro atoms. The number of rotatable bonds is 6. The maximum Gasteiger partial charge on any atom is 0.407 e. The number of hydrogen-bond acceptors (Lipinski definition) is 6. The molecule has 0 unspecified atom stereocenters. The molecule has 1 fully saturated rings. The fourth-order valence-electron chi connectivity index (χ4n) is 2.78. The lowest BCUT2D eigenvalue weighted by Gasteiger charge is -2.22. The van der Waals surface area contributed by atoms with Crippen molar-refractivity contribution in [2.45, 2.75) is 38.1 Å². The summed E-state index contributed by atoms with van der Waals surface area (Å²) in [4.78, 5) is 26.7. The van der Waals surface area contributed by atoms with E-state index < -0.39 is 36.2 Å². The second-order valence-corrected chi connectivity index (χ2v) is 5.59. The van der Waals surface area contributed by atoms with Crippen LogP contribution in [0.4, 0.5) is 4.79 Å². The van der Waals surface area contributed by atoms with E-state index in [0.717, 1.165) is 5.56 Å². The largest absolute Gasteiger partial charge is 0.466 e. The third-order valence-corrected chi connectivity index (χ3v) is 3.98. The van der Waals surface area contributed by atoms with Gasteiger partial charge >= 0.3 is 12.1 Å². The van der Waals surface area contributed by atoms with E-state index in [1.165, 1.54) is 0 Å². The lowest BCUT2D eigenvalue weighted by Crippen LogP contribution is -2.47. The Morgan fingerprint density at radius 3 is 2.72 bits per heavy atom. The molecule has 0 aromatic heterocycles. The van der Waals surface area contributed by atoms with Gasteiger partial charge in [0.2, 0.25) is 0 Å². The molecule has 134 valence electrons. The van der Waals surface area contributed by atoms with Crippen LogP contribution < -0.4 is 5.32 Å². The normalized spacial score (nSPS) is 24.9. The van der Waals surface area contributed by atoms with Gasteiger partial charge in [0.15, 0.2) is 0 Å². The molecule has 2 N–H and O–H groups in total. The summed E-state index contributed by atoms with van der Waals surface area (Å²) in [6.07, 6.45) is -1.88. The Hall–Kier alpha value is -2.77. The SMILES string of the molecule is CCOC(=O)[C@@H]1C[C@@H](N=[N+]=[N-])[C@H](O)[C@@H]1NC(=O)OCc1ccccc1. The molecule has 0 radical (unpaired) electrons. The summed E-state index contributed by atoms with van der Waals surface area (Å²) >= 11 is 0. The standard InChI is InChI=1S/C16H20N4O5/c1-2-24-15(22)11-8-12(19-20-17)14(21)13(11)18-16(23)25-9-10-6-4-3-5-7-10/h3-7,11-14,21H,2,8-9H2,1H3,(H,18,23)/t11-,12-,13-,14+/m1/s1. The summed E-state index contributed by atoms with van der Waals surface area (Å²) < 4.78 is 10.1. The van der Waals surface area contributed by atoms with Crippen molar-refractivity contribution in [3.8, 4) is 0 Å². The average molecular weight is 348 g/mol. The predicted molar refractivity (Wildman–Crippen MR) is 87.2 cm³/mol. The molecule has 25 heavy (non-hydrogen) atoms. The number of azide groups is 1. The van der Waals surface area contributed by atoms with Crippen LogP contribution in [-0.2, 0) is 20.9 Å². The Morgan fingerprint density at radius 1 is 1.36 bits per heavy atom. The minimum absolute atomic E-state index is 0.0549. The lowest BCUT2D eigenvalue weighted by atomic mass is 10.0. The monoisotopic (exact) mass is 348 g/mol. The highest BCUT2D eigenvalue weighted by atomic mass is 16.5. The number of aliphatic hydroxyl groups is 1. The van der Waals surface area contributed by atoms with E-state index in [1.807, 2.05) is 18.2 Å². The number of ether oxygens (including phenoxy) is 2. The molecule has 1 aliphatic carbocycles. The van der Waals surface area contributed by atoms with Crippen LogP contribution in [0.3, 0.4) is 0 Å². The van der Waals surface area contributed by atoms with Gasteiger partial charge in [-0.25, -0.2) is 4.79 Å². The molecule has 1 aromatic carbocycles. The quantitative estimate of drug-likeness (QED) is 0.350. The van der Waals surface area contributed by atoms with Crippen molar-refractivity contribution in [1.82, 2.24) is 5.32 Å². The molecule has 2 rings (SSSR count). The van der Waals surface area contributed by atoms with Crippen molar-refractivity contribution in [2.75, 3.05) is 6.61 Å². The number of esters is 1. The van der Waals surface area contributed by atoms with Gasteiger partial charge in [0.1, 0.15) is 6.61 Å². The summed E-state index contributed by atoms with van der Waals surface area (Å²) in [5, 5.41) is 16.2. The van der Waals surface area contributed by atoms with Crippen LogP contribution in [-0.4, -0.2) is 42.0 Å². The number of benzene rings is 1. The Kier molecular flexibility index (Phi) is 6.62. The molecule has 9 heteroatoms. The Morgan fingerprint density at radius 2 is 2.08 bits per heavy atom. The van der Waals surface area contributed by atoms with Crippen LogP contribution in [0.15, 0.2) is 35.4 Å². The van der Waals surface area contributed by atoms with Crippen molar-refractivity contribution in [2.24, 2.45) is 11.0 Å². The number of amides is 1. The molecule has 1 amide bonds. The number of carbonyl (C=O) groups excluding carboxylic acids is 2. The number of nitrogens with one attached hydrogen (secondary N) is 1. The molecule has 0 aliphatic heterocycles. The van der Waals surface area contributed by atoms with Gasteiger partial charge in [0, 0.05) is 4.91 Å². The second kappa shape index (κ2) is 8.91. The fourth-order valence-corrected chi connectivity index (χ4v) is 2.78. The first-order chi connectivity index (χ1) is 12.1. The molecular formula is C16H20N4O5. The zero-order chi connectivity index (χ0) is 18.2. The fraction of sp³-hybridized carbons (Fsp3) is 0.500. The molecular weight excluding hydrogens is 328 g/mol. The number of carbonyl (C=O) groups is 2. The van der Waals surface area contributed by atoms with Gasteiger partial charge in [0.05, 0.1) is 30.7 Å². The highest BCUT2D eigenvalue weighted by molar-refractivity contribution is 5.76. The van der Waals surface area contributed by atoms with E-state index in [4.69, 9.17) is 15.0 Å². The smallest absolute Gasteiger partial charge is 0.407 e. The third-order valence-electron chi connectivity index (χ3n) is 3.98. The lowest BCUT2D eigenvalue weighted by molar-refractivity contribution is -0.148. The van der Waals surface area contributed by atoms with Gasteiger partial charge < -0.3 is 19.9 Å². The summed E-state index contributed by atoms with van der Waals surface area (Å²) in [6, 6.07) is 7.32. The van der Waals surface area contributed by atoms with Crippen LogP contribution in [0, 0.1) is 5.92 Å². The Balaban J connectivity index is 2.00. The zero-order valence-electron chi connectivity index (χ0n) is 13.7. The summed E-state index contributed by atoms with van der Waals surface area (Å²) in [5.74, 6) is -1.37. The van der Waals surface area contributed by atoms with E-state index >= 15 is 0 Å². The van der Waals surface area contributed by atoms with Gasteiger partial charge in [0.25, 0.3) is 0 Å². The van der Waals surface area contributed by atoms with E-state index in [-0.39, 0.29) is 19.6 Å². The van der Waals surface area contributed by atoms with E-state index in [9.17, 15) is 14.7 Å². The predicted octanol–water partition coefficient (Wildman–Crippen LogP) is 1.90. The first-order valence-corrected chi connectivity index (χ1v) is 7.93. The molecule has 0 saturated heterocycles. The molecule has 0 heterocycles. The molecule has 0 bridgehead atoms. The summed E-state index contributed by atoms with van der Waals surface area (Å²) in [5.41, 5.74) is 9.37. The van der Waals surface area contributed by atoms with Crippen molar-refractivity contribution in [3.05, 3.63) is 46.3 Å². The highest BCUT2D eigenvalue weighted by Gasteiger charge is 2.47. The van der Waals surface area contributed by atoms with Crippen LogP contribution in [0.25, 0.3) is 10.4 Å². The van der Waals surface area contributed by atoms with Gasteiger partial charge in [-0.2, -0.15) is 0 Å². The van der Waals surface area contributed by atoms with Gasteiger partial charge in [-0.05, 0) is 24.4 Å². The maximum absolute atomic E-state index is 12.1. The minimum atomic E-state index is -1.20. The van der Waals surface area contributed by atoms with Gasteiger partial charge in [-0.15, -0.1) is 0 Å². The highest BCUT2D eigenvalue weighted by Crippen LogP contribution is 2.30. The number of aliphatic hydroxyl groups excluding tert-OH is 1. The van der Waals surface area contributed by atoms with Crippen LogP contribution in [0.2, 0.25) is 0 Å². The maximum atomic E-state index is 12.1. The van der Waals surface area contributed by atoms with Gasteiger partial charge in [-0.1, -0.05) is 35.4 Å². The van der Waals surface area contributed by atoms with E-state index in [2.05, 4.69) is 15.3 Å². The summed E-state index contributed by atoms with van der Waals surface area (Å²) in [7, 11) is 0. The van der Waals surface area contributed by atoms with Crippen LogP contribution in [0.1, 0.15) is 18.9 Å². The molecule has 9 nitrogen and oxygen atoms in total. The summed E-state index contributed by atoms with van der Waals surface area (Å²) in [6.45, 7) is 1.88. The van der Waals surface area contributed by atoms with Crippen LogP contribution in [0.5, 0.6) is 0 Å². The first kappa shape index (κ1) is 18.6. The number of alkyl carbamates (subject to hydrolysis) is 1. The Bertz CT molecular complexity index is 647. The van der Waals surface area contributed by atoms with Crippen molar-refractivity contribution in [3.63, 3.8) is 0 Å². The zero-order valence-corrected chi connectivity index (χ0v) is 13.7.